The average Bonchev–Trinajstić information content (AvgIpc) is 2.27. The normalized spacial score (nSPS) is 28.9. The van der Waals surface area contributed by atoms with Gasteiger partial charge >= 0.3 is 5.97 Å². The lowest BCUT2D eigenvalue weighted by Crippen LogP contribution is -2.68. The molecule has 0 aliphatic carbocycles. The summed E-state index contributed by atoms with van der Waals surface area (Å²) in [7, 11) is 0. The molecule has 5 nitrogen and oxygen atoms in total. The number of fused-ring (bicyclic) bond motifs is 1. The maximum Gasteiger partial charge on any atom is 0.352 e. The van der Waals surface area contributed by atoms with E-state index in [1.807, 2.05) is 6.26 Å². The first-order chi connectivity index (χ1) is 7.57. The second-order valence-electron chi connectivity index (χ2n) is 3.63. The molecule has 0 aromatic carbocycles. The number of hydrogen-bond acceptors (Lipinski definition) is 5. The van der Waals surface area contributed by atoms with Gasteiger partial charge in [0.2, 0.25) is 5.91 Å². The Kier molecular flexibility index (Phi) is 3.18. The number of carbonyl (C=O) groups excluding carboxylic acids is 1. The minimum atomic E-state index is -1.03. The van der Waals surface area contributed by atoms with Gasteiger partial charge in [0.05, 0.1) is 0 Å². The van der Waals surface area contributed by atoms with Crippen molar-refractivity contribution in [3.8, 4) is 0 Å². The van der Waals surface area contributed by atoms with Gasteiger partial charge in [0.1, 0.15) is 17.1 Å². The lowest BCUT2D eigenvalue weighted by atomic mass is 10.0. The maximum atomic E-state index is 11.5. The van der Waals surface area contributed by atoms with Crippen LogP contribution in [-0.2, 0) is 9.59 Å². The van der Waals surface area contributed by atoms with Gasteiger partial charge in [-0.2, -0.15) is 11.8 Å². The van der Waals surface area contributed by atoms with E-state index >= 15 is 0 Å². The summed E-state index contributed by atoms with van der Waals surface area (Å²) >= 11 is 3.09. The maximum absolute atomic E-state index is 11.5. The highest BCUT2D eigenvalue weighted by Crippen LogP contribution is 2.39. The number of nitrogens with zero attached hydrogens (tertiary/aromatic N) is 1. The van der Waals surface area contributed by atoms with Gasteiger partial charge in [-0.25, -0.2) is 4.79 Å². The average molecular weight is 260 g/mol. The Morgan fingerprint density at radius 2 is 2.44 bits per heavy atom. The van der Waals surface area contributed by atoms with Crippen molar-refractivity contribution >= 4 is 35.4 Å². The molecule has 0 aromatic heterocycles. The van der Waals surface area contributed by atoms with E-state index in [1.165, 1.54) is 16.7 Å². The highest BCUT2D eigenvalue weighted by Gasteiger charge is 2.51. The number of carboxylic acid groups (broad SMARTS) is 1. The fourth-order valence-electron chi connectivity index (χ4n) is 1.87. The van der Waals surface area contributed by atoms with Gasteiger partial charge in [-0.1, -0.05) is 0 Å². The zero-order valence-electron chi connectivity index (χ0n) is 8.67. The van der Waals surface area contributed by atoms with Crippen molar-refractivity contribution in [2.45, 2.75) is 11.4 Å². The molecule has 0 spiro atoms. The minimum absolute atomic E-state index is 0.143. The summed E-state index contributed by atoms with van der Waals surface area (Å²) in [5, 5.41) is 8.96. The second-order valence-corrected chi connectivity index (χ2v) is 5.60. The molecule has 1 saturated heterocycles. The lowest BCUT2D eigenvalue weighted by Gasteiger charge is -2.48. The van der Waals surface area contributed by atoms with E-state index < -0.39 is 12.0 Å². The van der Waals surface area contributed by atoms with Gasteiger partial charge in [0, 0.05) is 11.5 Å². The third-order valence-electron chi connectivity index (χ3n) is 2.61. The van der Waals surface area contributed by atoms with E-state index in [4.69, 9.17) is 10.8 Å². The van der Waals surface area contributed by atoms with Crippen LogP contribution in [0.1, 0.15) is 0 Å². The van der Waals surface area contributed by atoms with E-state index in [2.05, 4.69) is 0 Å². The number of nitrogens with two attached hydrogens (primary N) is 1. The summed E-state index contributed by atoms with van der Waals surface area (Å²) in [5.41, 5.74) is 6.58. The number of β-lactam (4-membered cyclic amide) rings is 1. The fraction of sp³-hybridized carbons (Fsp3) is 0.556. The van der Waals surface area contributed by atoms with Crippen molar-refractivity contribution in [1.29, 1.82) is 0 Å². The number of aliphatic carboxylic acids is 1. The van der Waals surface area contributed by atoms with Crippen molar-refractivity contribution in [1.82, 2.24) is 4.90 Å². The SMILES string of the molecule is CSCC1=C(C(=O)O)N2C(=O)C(N)C2SC1. The quantitative estimate of drug-likeness (QED) is 0.691. The predicted octanol–water partition coefficient (Wildman–Crippen LogP) is -0.0695. The van der Waals surface area contributed by atoms with Gasteiger partial charge in [-0.15, -0.1) is 11.8 Å². The van der Waals surface area contributed by atoms with Crippen LogP contribution < -0.4 is 5.73 Å². The van der Waals surface area contributed by atoms with Crippen LogP contribution in [0.3, 0.4) is 0 Å². The molecule has 2 unspecified atom stereocenters. The van der Waals surface area contributed by atoms with Crippen LogP contribution in [-0.4, -0.2) is 51.1 Å². The number of carbonyl (C=O) groups is 2. The third kappa shape index (κ3) is 1.63. The van der Waals surface area contributed by atoms with Crippen LogP contribution in [0.4, 0.5) is 0 Å². The highest BCUT2D eigenvalue weighted by atomic mass is 32.2. The zero-order chi connectivity index (χ0) is 11.9. The molecule has 0 saturated carbocycles. The van der Waals surface area contributed by atoms with E-state index in [-0.39, 0.29) is 17.0 Å². The Labute approximate surface area is 101 Å². The lowest BCUT2D eigenvalue weighted by molar-refractivity contribution is -0.147. The summed E-state index contributed by atoms with van der Waals surface area (Å²) in [5.74, 6) is -0.0341. The summed E-state index contributed by atoms with van der Waals surface area (Å²) in [6.45, 7) is 0. The first-order valence-corrected chi connectivity index (χ1v) is 7.16. The van der Waals surface area contributed by atoms with Gasteiger partial charge in [-0.05, 0) is 11.8 Å². The Hall–Kier alpha value is -0.660. The summed E-state index contributed by atoms with van der Waals surface area (Å²) in [6, 6.07) is -0.546. The number of carboxylic acids is 1. The van der Waals surface area contributed by atoms with Crippen LogP contribution in [0, 0.1) is 0 Å². The molecular weight excluding hydrogens is 248 g/mol. The Morgan fingerprint density at radius 3 is 3.00 bits per heavy atom. The third-order valence-corrected chi connectivity index (χ3v) is 4.61. The van der Waals surface area contributed by atoms with Crippen LogP contribution in [0.2, 0.25) is 0 Å². The Balaban J connectivity index is 2.34. The molecule has 2 atom stereocenters. The molecule has 2 heterocycles. The molecule has 2 aliphatic heterocycles. The number of thioether (sulfide) groups is 2. The fourth-order valence-corrected chi connectivity index (χ4v) is 3.87. The molecule has 16 heavy (non-hydrogen) atoms. The van der Waals surface area contributed by atoms with Crippen LogP contribution in [0.25, 0.3) is 0 Å². The van der Waals surface area contributed by atoms with E-state index in [0.29, 0.717) is 11.5 Å². The Morgan fingerprint density at radius 1 is 1.75 bits per heavy atom. The second kappa shape index (κ2) is 4.31. The van der Waals surface area contributed by atoms with Gasteiger partial charge < -0.3 is 10.8 Å². The van der Waals surface area contributed by atoms with Gasteiger partial charge in [0.25, 0.3) is 0 Å². The first kappa shape index (κ1) is 11.8. The number of hydrogen-bond donors (Lipinski definition) is 2. The molecule has 7 heteroatoms. The Bertz CT molecular complexity index is 383. The van der Waals surface area contributed by atoms with Crippen molar-refractivity contribution in [3.05, 3.63) is 11.3 Å². The molecule has 3 N–H and O–H groups in total. The molecule has 0 radical (unpaired) electrons. The largest absolute Gasteiger partial charge is 0.477 e. The van der Waals surface area contributed by atoms with Crippen molar-refractivity contribution in [2.75, 3.05) is 17.8 Å². The van der Waals surface area contributed by atoms with Gasteiger partial charge in [0.15, 0.2) is 0 Å². The van der Waals surface area contributed by atoms with E-state index in [0.717, 1.165) is 5.57 Å². The standard InChI is InChI=1S/C9H12N2O3S2/c1-15-2-4-3-16-8-5(10)7(12)11(8)6(4)9(13)14/h5,8H,2-3,10H2,1H3,(H,13,14). The van der Waals surface area contributed by atoms with Crippen LogP contribution in [0.15, 0.2) is 11.3 Å². The number of amides is 1. The van der Waals surface area contributed by atoms with Crippen molar-refractivity contribution in [3.63, 3.8) is 0 Å². The van der Waals surface area contributed by atoms with Crippen LogP contribution >= 0.6 is 23.5 Å². The summed E-state index contributed by atoms with van der Waals surface area (Å²) in [4.78, 5) is 24.0. The molecule has 88 valence electrons. The molecule has 2 rings (SSSR count). The highest BCUT2D eigenvalue weighted by molar-refractivity contribution is 8.00. The molecule has 1 fully saturated rings. The molecule has 2 aliphatic rings. The van der Waals surface area contributed by atoms with Crippen LogP contribution in [0.5, 0.6) is 0 Å². The van der Waals surface area contributed by atoms with Gasteiger partial charge in [-0.3, -0.25) is 9.69 Å². The van der Waals surface area contributed by atoms with Crippen molar-refractivity contribution < 1.29 is 14.7 Å². The minimum Gasteiger partial charge on any atom is -0.477 e. The zero-order valence-corrected chi connectivity index (χ0v) is 10.3. The topological polar surface area (TPSA) is 83.6 Å². The predicted molar refractivity (Wildman–Crippen MR) is 64.1 cm³/mol. The smallest absolute Gasteiger partial charge is 0.352 e. The summed E-state index contributed by atoms with van der Waals surface area (Å²) in [6.07, 6.45) is 1.91. The molecule has 1 amide bonds. The van der Waals surface area contributed by atoms with Crippen molar-refractivity contribution in [2.24, 2.45) is 5.73 Å². The van der Waals surface area contributed by atoms with E-state index in [1.54, 1.807) is 11.8 Å². The number of rotatable bonds is 3. The molecular formula is C9H12N2O3S2. The molecule has 0 bridgehead atoms. The van der Waals surface area contributed by atoms with E-state index in [9.17, 15) is 9.59 Å². The summed E-state index contributed by atoms with van der Waals surface area (Å²) < 4.78 is 0. The first-order valence-electron chi connectivity index (χ1n) is 4.72. The molecule has 0 aromatic rings. The monoisotopic (exact) mass is 260 g/mol.